The van der Waals surface area contributed by atoms with Crippen LogP contribution in [0.1, 0.15) is 19.4 Å². The average molecular weight is 513 g/mol. The predicted molar refractivity (Wildman–Crippen MR) is 142 cm³/mol. The minimum atomic E-state index is -0.220. The van der Waals surface area contributed by atoms with Gasteiger partial charge in [0.25, 0.3) is 0 Å². The highest BCUT2D eigenvalue weighted by molar-refractivity contribution is 7.99. The van der Waals surface area contributed by atoms with E-state index in [1.54, 1.807) is 0 Å². The molecule has 0 aliphatic carbocycles. The van der Waals surface area contributed by atoms with E-state index in [1.165, 1.54) is 16.4 Å². The molecule has 11 heteroatoms. The minimum Gasteiger partial charge on any atom is -0.492 e. The molecule has 192 valence electrons. The van der Waals surface area contributed by atoms with Gasteiger partial charge >= 0.3 is 0 Å². The first kappa shape index (κ1) is 25.6. The molecule has 0 spiro atoms. The Morgan fingerprint density at radius 3 is 2.47 bits per heavy atom. The van der Waals surface area contributed by atoms with E-state index < -0.39 is 0 Å². The molecule has 1 amide bonds. The van der Waals surface area contributed by atoms with Gasteiger partial charge in [-0.15, -0.1) is 10.2 Å². The molecule has 3 aromatic rings. The van der Waals surface area contributed by atoms with E-state index in [1.807, 2.05) is 57.2 Å². The maximum atomic E-state index is 12.9. The van der Waals surface area contributed by atoms with Gasteiger partial charge in [0.15, 0.2) is 5.82 Å². The number of carbonyl (C=O) groups is 1. The normalized spacial score (nSPS) is 13.5. The molecule has 0 unspecified atom stereocenters. The number of ether oxygens (including phenoxy) is 3. The lowest BCUT2D eigenvalue weighted by Crippen LogP contribution is -2.36. The molecular weight excluding hydrogens is 480 g/mol. The van der Waals surface area contributed by atoms with E-state index in [0.29, 0.717) is 54.6 Å². The van der Waals surface area contributed by atoms with Crippen LogP contribution in [0.25, 0.3) is 11.4 Å². The number of amides is 1. The fourth-order valence-electron chi connectivity index (χ4n) is 3.84. The number of nitrogens with zero attached hydrogens (tertiary/aromatic N) is 4. The Kier molecular flexibility index (Phi) is 8.55. The van der Waals surface area contributed by atoms with E-state index in [0.717, 1.165) is 29.9 Å². The Hall–Kier alpha value is -3.44. The average Bonchev–Trinajstić information content (AvgIpc) is 3.25. The van der Waals surface area contributed by atoms with Gasteiger partial charge in [-0.1, -0.05) is 41.6 Å². The summed E-state index contributed by atoms with van der Waals surface area (Å²) in [4.78, 5) is 15.1. The Morgan fingerprint density at radius 2 is 1.78 bits per heavy atom. The summed E-state index contributed by atoms with van der Waals surface area (Å²) in [5, 5.41) is 11.7. The van der Waals surface area contributed by atoms with E-state index in [9.17, 15) is 4.79 Å². The number of hydrogen-bond acceptors (Lipinski definition) is 9. The van der Waals surface area contributed by atoms with Crippen molar-refractivity contribution in [2.24, 2.45) is 0 Å². The van der Waals surface area contributed by atoms with Crippen molar-refractivity contribution in [2.45, 2.75) is 25.9 Å². The van der Waals surface area contributed by atoms with Crippen molar-refractivity contribution < 1.29 is 19.0 Å². The zero-order chi connectivity index (χ0) is 25.5. The molecule has 2 aromatic carbocycles. The number of anilines is 2. The number of nitrogens with one attached hydrogen (secondary N) is 1. The minimum absolute atomic E-state index is 0.101. The number of thioether (sulfide) groups is 1. The number of aromatic nitrogens is 3. The van der Waals surface area contributed by atoms with Crippen molar-refractivity contribution in [3.63, 3.8) is 0 Å². The Labute approximate surface area is 215 Å². The molecule has 3 N–H and O–H groups in total. The molecule has 10 nitrogen and oxygen atoms in total. The van der Waals surface area contributed by atoms with Gasteiger partial charge in [0.2, 0.25) is 11.1 Å². The van der Waals surface area contributed by atoms with Crippen molar-refractivity contribution in [1.82, 2.24) is 14.9 Å². The Bertz CT molecular complexity index is 1180. The van der Waals surface area contributed by atoms with Crippen LogP contribution in [-0.2, 0) is 9.53 Å². The van der Waals surface area contributed by atoms with Crippen molar-refractivity contribution in [3.05, 3.63) is 42.0 Å². The molecule has 0 radical (unpaired) electrons. The maximum Gasteiger partial charge on any atom is 0.234 e. The topological polar surface area (TPSA) is 117 Å². The number of hydrogen-bond donors (Lipinski definition) is 2. The highest BCUT2D eigenvalue weighted by Gasteiger charge is 2.21. The van der Waals surface area contributed by atoms with Gasteiger partial charge in [-0.05, 0) is 20.8 Å². The third-order valence-electron chi connectivity index (χ3n) is 5.59. The summed E-state index contributed by atoms with van der Waals surface area (Å²) in [6.45, 7) is 9.66. The van der Waals surface area contributed by atoms with Crippen LogP contribution in [0.15, 0.2) is 41.6 Å². The van der Waals surface area contributed by atoms with Crippen LogP contribution in [0, 0.1) is 6.92 Å². The molecule has 1 aliphatic rings. The van der Waals surface area contributed by atoms with E-state index in [4.69, 9.17) is 20.1 Å². The van der Waals surface area contributed by atoms with Crippen LogP contribution < -0.4 is 25.5 Å². The molecule has 1 aliphatic heterocycles. The van der Waals surface area contributed by atoms with Crippen LogP contribution in [0.5, 0.6) is 11.5 Å². The van der Waals surface area contributed by atoms with Gasteiger partial charge in [-0.25, -0.2) is 4.68 Å². The molecule has 2 heterocycles. The highest BCUT2D eigenvalue weighted by Crippen LogP contribution is 2.39. The molecule has 1 fully saturated rings. The molecule has 0 bridgehead atoms. The number of nitrogens with two attached hydrogens (primary N) is 1. The van der Waals surface area contributed by atoms with Crippen molar-refractivity contribution in [2.75, 3.05) is 61.3 Å². The summed E-state index contributed by atoms with van der Waals surface area (Å²) in [5.41, 5.74) is 3.48. The van der Waals surface area contributed by atoms with Gasteiger partial charge in [0.1, 0.15) is 11.5 Å². The number of benzene rings is 2. The summed E-state index contributed by atoms with van der Waals surface area (Å²) in [7, 11) is 0. The zero-order valence-corrected chi connectivity index (χ0v) is 21.6. The largest absolute Gasteiger partial charge is 0.492 e. The second-order valence-corrected chi connectivity index (χ2v) is 9.10. The SMILES string of the molecule is CCOc1cc(N2CCOCC2)c(OCC)cc1NC(=O)CSc1nnc(-c2ccc(C)cc2)n1N. The second-order valence-electron chi connectivity index (χ2n) is 8.16. The molecule has 4 rings (SSSR count). The summed E-state index contributed by atoms with van der Waals surface area (Å²) in [5.74, 6) is 7.90. The zero-order valence-electron chi connectivity index (χ0n) is 20.8. The second kappa shape index (κ2) is 12.0. The molecular formula is C25H32N6O4S. The first-order valence-electron chi connectivity index (χ1n) is 12.0. The highest BCUT2D eigenvalue weighted by atomic mass is 32.2. The maximum absolute atomic E-state index is 12.9. The summed E-state index contributed by atoms with van der Waals surface area (Å²) >= 11 is 1.21. The summed E-state index contributed by atoms with van der Waals surface area (Å²) in [6.07, 6.45) is 0. The van der Waals surface area contributed by atoms with Gasteiger partial charge in [0.05, 0.1) is 43.6 Å². The van der Waals surface area contributed by atoms with E-state index >= 15 is 0 Å². The molecule has 1 aromatic heterocycles. The monoisotopic (exact) mass is 512 g/mol. The quantitative estimate of drug-likeness (QED) is 0.312. The lowest BCUT2D eigenvalue weighted by molar-refractivity contribution is -0.113. The Morgan fingerprint density at radius 1 is 1.08 bits per heavy atom. The van der Waals surface area contributed by atoms with Gasteiger partial charge < -0.3 is 30.3 Å². The standard InChI is InChI=1S/C25H32N6O4S/c1-4-34-21-15-20(30-10-12-33-13-11-30)22(35-5-2)14-19(21)27-23(32)16-36-25-29-28-24(31(25)26)18-8-6-17(3)7-9-18/h6-9,14-15H,4-5,10-13,16,26H2,1-3H3,(H,27,32). The van der Waals surface area contributed by atoms with Crippen LogP contribution in [0.4, 0.5) is 11.4 Å². The van der Waals surface area contributed by atoms with Crippen molar-refractivity contribution in [3.8, 4) is 22.9 Å². The smallest absolute Gasteiger partial charge is 0.234 e. The van der Waals surface area contributed by atoms with Crippen molar-refractivity contribution in [1.29, 1.82) is 0 Å². The number of rotatable bonds is 10. The van der Waals surface area contributed by atoms with Crippen LogP contribution in [0.3, 0.4) is 0 Å². The van der Waals surface area contributed by atoms with E-state index in [2.05, 4.69) is 20.4 Å². The number of carbonyl (C=O) groups excluding carboxylic acids is 1. The molecule has 1 saturated heterocycles. The van der Waals surface area contributed by atoms with Crippen LogP contribution in [0.2, 0.25) is 0 Å². The van der Waals surface area contributed by atoms with Crippen LogP contribution >= 0.6 is 11.8 Å². The number of morpholine rings is 1. The number of nitrogen functional groups attached to an aromatic ring is 1. The lowest BCUT2D eigenvalue weighted by Gasteiger charge is -2.31. The van der Waals surface area contributed by atoms with Crippen molar-refractivity contribution >= 4 is 29.0 Å². The molecule has 36 heavy (non-hydrogen) atoms. The van der Waals surface area contributed by atoms with Gasteiger partial charge in [0, 0.05) is 30.8 Å². The summed E-state index contributed by atoms with van der Waals surface area (Å²) < 4.78 is 18.7. The summed E-state index contributed by atoms with van der Waals surface area (Å²) in [6, 6.07) is 11.6. The first-order chi connectivity index (χ1) is 17.5. The molecule has 0 saturated carbocycles. The van der Waals surface area contributed by atoms with Gasteiger partial charge in [-0.3, -0.25) is 4.79 Å². The Balaban J connectivity index is 1.48. The third kappa shape index (κ3) is 6.03. The van der Waals surface area contributed by atoms with Crippen LogP contribution in [-0.4, -0.2) is 66.1 Å². The fraction of sp³-hybridized carbons (Fsp3) is 0.400. The predicted octanol–water partition coefficient (Wildman–Crippen LogP) is 3.33. The first-order valence-corrected chi connectivity index (χ1v) is 12.9. The number of aryl methyl sites for hydroxylation is 1. The van der Waals surface area contributed by atoms with Gasteiger partial charge in [-0.2, -0.15) is 0 Å². The third-order valence-corrected chi connectivity index (χ3v) is 6.54. The van der Waals surface area contributed by atoms with E-state index in [-0.39, 0.29) is 11.7 Å². The lowest BCUT2D eigenvalue weighted by atomic mass is 10.1. The molecule has 0 atom stereocenters. The fourth-order valence-corrected chi connectivity index (χ4v) is 4.49.